The van der Waals surface area contributed by atoms with Crippen molar-refractivity contribution in [3.05, 3.63) is 28.8 Å². The highest BCUT2D eigenvalue weighted by atomic mass is 16.3. The largest absolute Gasteiger partial charge is 0.507 e. The van der Waals surface area contributed by atoms with E-state index >= 15 is 0 Å². The Kier molecular flexibility index (Phi) is 5.12. The fourth-order valence-electron chi connectivity index (χ4n) is 3.99. The molecule has 1 aliphatic carbocycles. The number of phenolic OH excluding ortho intramolecular Hbond substituents is 1. The Bertz CT molecular complexity index is 554. The normalized spacial score (nSPS) is 25.8. The Morgan fingerprint density at radius 3 is 1.92 bits per heavy atom. The molecule has 0 aromatic heterocycles. The summed E-state index contributed by atoms with van der Waals surface area (Å²) in [6, 6.07) is 4.33. The maximum absolute atomic E-state index is 10.9. The van der Waals surface area contributed by atoms with E-state index in [0.29, 0.717) is 5.75 Å². The summed E-state index contributed by atoms with van der Waals surface area (Å²) >= 11 is 0. The van der Waals surface area contributed by atoms with Crippen LogP contribution < -0.4 is 0 Å². The molecule has 0 heterocycles. The van der Waals surface area contributed by atoms with Gasteiger partial charge in [0.2, 0.25) is 0 Å². The Balaban J connectivity index is 2.50. The van der Waals surface area contributed by atoms with Crippen molar-refractivity contribution in [3.8, 4) is 5.75 Å². The number of benzene rings is 1. The number of hydrogen-bond donors (Lipinski definition) is 2. The topological polar surface area (TPSA) is 40.5 Å². The molecule has 0 bridgehead atoms. The number of aliphatic hydroxyl groups is 1. The highest BCUT2D eigenvalue weighted by Crippen LogP contribution is 2.43. The maximum Gasteiger partial charge on any atom is 0.123 e. The van der Waals surface area contributed by atoms with E-state index in [4.69, 9.17) is 0 Å². The summed E-state index contributed by atoms with van der Waals surface area (Å²) in [6.07, 6.45) is 4.96. The lowest BCUT2D eigenvalue weighted by Gasteiger charge is -2.39. The van der Waals surface area contributed by atoms with Crippen LogP contribution in [0.1, 0.15) is 90.8 Å². The Labute approximate surface area is 148 Å². The molecule has 2 heteroatoms. The molecule has 1 aromatic rings. The van der Waals surface area contributed by atoms with Crippen LogP contribution in [0.2, 0.25) is 0 Å². The van der Waals surface area contributed by atoms with Gasteiger partial charge in [0, 0.05) is 0 Å². The second-order valence-electron chi connectivity index (χ2n) is 10.1. The summed E-state index contributed by atoms with van der Waals surface area (Å²) in [4.78, 5) is 0. The summed E-state index contributed by atoms with van der Waals surface area (Å²) in [5.74, 6) is 0.438. The van der Waals surface area contributed by atoms with E-state index in [2.05, 4.69) is 60.6 Å². The van der Waals surface area contributed by atoms with Crippen molar-refractivity contribution in [1.29, 1.82) is 0 Å². The Morgan fingerprint density at radius 2 is 1.50 bits per heavy atom. The van der Waals surface area contributed by atoms with Gasteiger partial charge in [-0.3, -0.25) is 0 Å². The Morgan fingerprint density at radius 1 is 1.00 bits per heavy atom. The van der Waals surface area contributed by atoms with Crippen LogP contribution in [0.4, 0.5) is 0 Å². The van der Waals surface area contributed by atoms with Crippen LogP contribution in [0.3, 0.4) is 0 Å². The van der Waals surface area contributed by atoms with Crippen LogP contribution in [0.25, 0.3) is 0 Å². The van der Waals surface area contributed by atoms with Crippen molar-refractivity contribution >= 4 is 0 Å². The molecule has 1 fully saturated rings. The molecule has 1 aromatic carbocycles. The van der Waals surface area contributed by atoms with Crippen LogP contribution in [-0.4, -0.2) is 16.3 Å². The van der Waals surface area contributed by atoms with Crippen LogP contribution >= 0.6 is 0 Å². The van der Waals surface area contributed by atoms with Gasteiger partial charge in [0.25, 0.3) is 0 Å². The zero-order chi connectivity index (χ0) is 18.3. The van der Waals surface area contributed by atoms with Crippen LogP contribution in [-0.2, 0) is 17.3 Å². The molecule has 0 spiro atoms. The average Bonchev–Trinajstić information content (AvgIpc) is 2.41. The molecule has 2 rings (SSSR count). The van der Waals surface area contributed by atoms with E-state index in [1.165, 1.54) is 12.0 Å². The maximum atomic E-state index is 10.9. The first kappa shape index (κ1) is 19.3. The van der Waals surface area contributed by atoms with Gasteiger partial charge in [-0.15, -0.1) is 0 Å². The minimum atomic E-state index is -0.226. The molecule has 0 saturated heterocycles. The van der Waals surface area contributed by atoms with Gasteiger partial charge in [-0.05, 0) is 52.2 Å². The van der Waals surface area contributed by atoms with Crippen molar-refractivity contribution in [1.82, 2.24) is 0 Å². The van der Waals surface area contributed by atoms with Gasteiger partial charge in [-0.25, -0.2) is 0 Å². The van der Waals surface area contributed by atoms with Crippen molar-refractivity contribution in [2.24, 2.45) is 5.41 Å². The molecule has 2 nitrogen and oxygen atoms in total. The molecular weight excluding hydrogens is 296 g/mol. The third kappa shape index (κ3) is 3.96. The third-order valence-corrected chi connectivity index (χ3v) is 5.67. The smallest absolute Gasteiger partial charge is 0.123 e. The van der Waals surface area contributed by atoms with Crippen LogP contribution in [0, 0.1) is 5.41 Å². The van der Waals surface area contributed by atoms with Crippen LogP contribution in [0.15, 0.2) is 12.1 Å². The first-order valence-electron chi connectivity index (χ1n) is 9.39. The van der Waals surface area contributed by atoms with E-state index in [0.717, 1.165) is 36.8 Å². The summed E-state index contributed by atoms with van der Waals surface area (Å²) in [6.45, 7) is 15.1. The second kappa shape index (κ2) is 6.37. The molecular formula is C22H36O2. The molecule has 1 aliphatic rings. The van der Waals surface area contributed by atoms with E-state index < -0.39 is 0 Å². The van der Waals surface area contributed by atoms with Crippen molar-refractivity contribution < 1.29 is 10.2 Å². The summed E-state index contributed by atoms with van der Waals surface area (Å²) in [5.41, 5.74) is 3.00. The predicted octanol–water partition coefficient (Wildman–Crippen LogP) is 5.47. The molecule has 2 atom stereocenters. The minimum Gasteiger partial charge on any atom is -0.507 e. The molecule has 0 amide bonds. The number of phenols is 1. The number of aliphatic hydroxyl groups excluding tert-OH is 1. The average molecular weight is 333 g/mol. The highest BCUT2D eigenvalue weighted by Gasteiger charge is 2.36. The summed E-state index contributed by atoms with van der Waals surface area (Å²) in [7, 11) is 0. The molecule has 2 unspecified atom stereocenters. The van der Waals surface area contributed by atoms with Gasteiger partial charge in [0.05, 0.1) is 6.10 Å². The van der Waals surface area contributed by atoms with Crippen molar-refractivity contribution in [2.45, 2.75) is 97.5 Å². The highest BCUT2D eigenvalue weighted by molar-refractivity contribution is 5.50. The molecule has 24 heavy (non-hydrogen) atoms. The van der Waals surface area contributed by atoms with E-state index in [1.54, 1.807) is 0 Å². The van der Waals surface area contributed by atoms with Crippen molar-refractivity contribution in [2.75, 3.05) is 0 Å². The third-order valence-electron chi connectivity index (χ3n) is 5.67. The Hall–Kier alpha value is -1.02. The van der Waals surface area contributed by atoms with Gasteiger partial charge in [0.15, 0.2) is 0 Å². The van der Waals surface area contributed by atoms with Crippen molar-refractivity contribution in [3.63, 3.8) is 0 Å². The lowest BCUT2D eigenvalue weighted by atomic mass is 9.68. The second-order valence-corrected chi connectivity index (χ2v) is 10.1. The molecule has 2 N–H and O–H groups in total. The summed E-state index contributed by atoms with van der Waals surface area (Å²) < 4.78 is 0. The van der Waals surface area contributed by atoms with E-state index in [9.17, 15) is 10.2 Å². The summed E-state index contributed by atoms with van der Waals surface area (Å²) in [5, 5.41) is 21.4. The zero-order valence-electron chi connectivity index (χ0n) is 16.7. The molecule has 1 saturated carbocycles. The molecule has 0 aliphatic heterocycles. The quantitative estimate of drug-likeness (QED) is 0.754. The van der Waals surface area contributed by atoms with Gasteiger partial charge in [0.1, 0.15) is 5.75 Å². The van der Waals surface area contributed by atoms with Gasteiger partial charge < -0.3 is 10.2 Å². The lowest BCUT2D eigenvalue weighted by molar-refractivity contribution is 0.000875. The van der Waals surface area contributed by atoms with Gasteiger partial charge >= 0.3 is 0 Å². The molecule has 0 radical (unpaired) electrons. The fourth-order valence-corrected chi connectivity index (χ4v) is 3.99. The number of rotatable bonds is 2. The standard InChI is InChI=1S/C22H36O2/c1-20(2,3)16-12-15(13-17(19(16)24)21(4,5)6)14-22(7)11-9-8-10-18(22)23/h12-13,18,23-24H,8-11,14H2,1-7H3. The monoisotopic (exact) mass is 332 g/mol. The fraction of sp³-hybridized carbons (Fsp3) is 0.727. The first-order chi connectivity index (χ1) is 10.8. The van der Waals surface area contributed by atoms with Gasteiger partial charge in [-0.1, -0.05) is 73.4 Å². The predicted molar refractivity (Wildman–Crippen MR) is 102 cm³/mol. The van der Waals surface area contributed by atoms with E-state index in [1.807, 2.05) is 0 Å². The van der Waals surface area contributed by atoms with Gasteiger partial charge in [-0.2, -0.15) is 0 Å². The van der Waals surface area contributed by atoms with E-state index in [-0.39, 0.29) is 22.3 Å². The first-order valence-corrected chi connectivity index (χ1v) is 9.39. The molecule has 136 valence electrons. The zero-order valence-corrected chi connectivity index (χ0v) is 16.7. The number of hydrogen-bond acceptors (Lipinski definition) is 2. The van der Waals surface area contributed by atoms with Crippen LogP contribution in [0.5, 0.6) is 5.75 Å². The minimum absolute atomic E-state index is 0.0560. The number of aromatic hydroxyl groups is 1. The SMILES string of the molecule is CC(C)(C)c1cc(CC2(C)CCCCC2O)cc(C(C)(C)C)c1O. The lowest BCUT2D eigenvalue weighted by Crippen LogP contribution is -2.37.